The Morgan fingerprint density at radius 2 is 1.76 bits per heavy atom. The van der Waals surface area contributed by atoms with E-state index in [4.69, 9.17) is 11.6 Å². The summed E-state index contributed by atoms with van der Waals surface area (Å²) in [6, 6.07) is 13.7. The molecule has 2 aromatic carbocycles. The number of halogens is 4. The van der Waals surface area contributed by atoms with Gasteiger partial charge in [-0.2, -0.15) is 23.3 Å². The third kappa shape index (κ3) is 5.12. The van der Waals surface area contributed by atoms with Gasteiger partial charge in [-0.05, 0) is 55.8 Å². The van der Waals surface area contributed by atoms with Gasteiger partial charge in [0.2, 0.25) is 11.7 Å². The lowest BCUT2D eigenvalue weighted by Gasteiger charge is -2.08. The summed E-state index contributed by atoms with van der Waals surface area (Å²) in [5, 5.41) is 11.4. The topological polar surface area (TPSA) is 85.8 Å². The van der Waals surface area contributed by atoms with Gasteiger partial charge < -0.3 is 9.84 Å². The second kappa shape index (κ2) is 9.30. The Kier molecular flexibility index (Phi) is 6.43. The van der Waals surface area contributed by atoms with Crippen molar-refractivity contribution in [3.8, 4) is 17.1 Å². The van der Waals surface area contributed by atoms with Crippen molar-refractivity contribution >= 4 is 17.5 Å². The smallest absolute Gasteiger partial charge is 0.352 e. The highest BCUT2D eigenvalue weighted by atomic mass is 35.5. The number of hydrogen-bond acceptors (Lipinski definition) is 5. The highest BCUT2D eigenvalue weighted by molar-refractivity contribution is 6.30. The second-order valence-electron chi connectivity index (χ2n) is 7.61. The Hall–Kier alpha value is -3.66. The van der Waals surface area contributed by atoms with Crippen LogP contribution in [0.3, 0.4) is 0 Å². The number of benzene rings is 2. The zero-order valence-corrected chi connectivity index (χ0v) is 18.9. The molecule has 4 aromatic rings. The van der Waals surface area contributed by atoms with E-state index in [1.54, 1.807) is 41.1 Å². The molecule has 0 unspecified atom stereocenters. The summed E-state index contributed by atoms with van der Waals surface area (Å²) in [6.07, 6.45) is -4.54. The number of amides is 1. The molecule has 11 heteroatoms. The number of nitrogens with one attached hydrogen (secondary N) is 1. The molecule has 34 heavy (non-hydrogen) atoms. The Morgan fingerprint density at radius 1 is 1.09 bits per heavy atom. The molecule has 0 bridgehead atoms. The van der Waals surface area contributed by atoms with Gasteiger partial charge in [0, 0.05) is 28.4 Å². The number of aromatic nitrogens is 4. The van der Waals surface area contributed by atoms with Crippen molar-refractivity contribution in [1.29, 1.82) is 0 Å². The zero-order chi connectivity index (χ0) is 24.5. The fourth-order valence-corrected chi connectivity index (χ4v) is 3.54. The van der Waals surface area contributed by atoms with Crippen LogP contribution in [0.5, 0.6) is 0 Å². The molecule has 176 valence electrons. The lowest BCUT2D eigenvalue weighted by molar-refractivity contribution is -0.159. The molecule has 0 spiro atoms. The van der Waals surface area contributed by atoms with E-state index in [1.807, 2.05) is 26.0 Å². The van der Waals surface area contributed by atoms with Gasteiger partial charge in [-0.3, -0.25) is 4.79 Å². The normalized spacial score (nSPS) is 11.6. The van der Waals surface area contributed by atoms with Crippen molar-refractivity contribution in [3.63, 3.8) is 0 Å². The van der Waals surface area contributed by atoms with Crippen molar-refractivity contribution < 1.29 is 22.5 Å². The van der Waals surface area contributed by atoms with Crippen molar-refractivity contribution in [2.75, 3.05) is 0 Å². The van der Waals surface area contributed by atoms with Crippen LogP contribution in [-0.4, -0.2) is 25.8 Å². The zero-order valence-electron chi connectivity index (χ0n) is 18.2. The first kappa shape index (κ1) is 23.5. The molecule has 2 aromatic heterocycles. The third-order valence-corrected chi connectivity index (χ3v) is 5.47. The SMILES string of the molecule is Cc1nn(-c2ccc(-c3noc(C(F)(F)F)n3)cc2)c(C)c1CC(=O)NCc1ccc(Cl)cc1. The molecule has 0 aliphatic carbocycles. The van der Waals surface area contributed by atoms with Crippen molar-refractivity contribution in [2.24, 2.45) is 0 Å². The molecule has 0 radical (unpaired) electrons. The molecule has 4 rings (SSSR count). The molecule has 0 aliphatic heterocycles. The summed E-state index contributed by atoms with van der Waals surface area (Å²) in [5.41, 5.74) is 4.27. The standard InChI is InChI=1S/C23H19ClF3N5O2/c1-13-19(11-20(33)28-12-15-3-7-17(24)8-4-15)14(2)32(30-13)18-9-5-16(6-10-18)21-29-22(34-31-21)23(25,26)27/h3-10H,11-12H2,1-2H3,(H,28,33). The minimum Gasteiger partial charge on any atom is -0.352 e. The summed E-state index contributed by atoms with van der Waals surface area (Å²) in [7, 11) is 0. The summed E-state index contributed by atoms with van der Waals surface area (Å²) in [4.78, 5) is 15.9. The number of aryl methyl sites for hydroxylation is 1. The molecule has 1 amide bonds. The molecule has 1 N–H and O–H groups in total. The van der Waals surface area contributed by atoms with Gasteiger partial charge in [-0.15, -0.1) is 0 Å². The first-order valence-electron chi connectivity index (χ1n) is 10.2. The number of carbonyl (C=O) groups excluding carboxylic acids is 1. The second-order valence-corrected chi connectivity index (χ2v) is 8.05. The van der Waals surface area contributed by atoms with Gasteiger partial charge >= 0.3 is 12.1 Å². The average Bonchev–Trinajstić information content (AvgIpc) is 3.40. The van der Waals surface area contributed by atoms with Crippen LogP contribution in [0.1, 0.15) is 28.4 Å². The number of hydrogen-bond donors (Lipinski definition) is 1. The van der Waals surface area contributed by atoms with Gasteiger partial charge in [0.1, 0.15) is 0 Å². The van der Waals surface area contributed by atoms with Crippen LogP contribution in [0.25, 0.3) is 17.1 Å². The number of rotatable bonds is 6. The highest BCUT2D eigenvalue weighted by Crippen LogP contribution is 2.29. The highest BCUT2D eigenvalue weighted by Gasteiger charge is 2.38. The summed E-state index contributed by atoms with van der Waals surface area (Å²) >= 11 is 5.88. The Balaban J connectivity index is 1.46. The Bertz CT molecular complexity index is 1310. The van der Waals surface area contributed by atoms with E-state index in [-0.39, 0.29) is 18.2 Å². The van der Waals surface area contributed by atoms with Crippen LogP contribution in [0.2, 0.25) is 5.02 Å². The minimum absolute atomic E-state index is 0.145. The molecule has 7 nitrogen and oxygen atoms in total. The number of nitrogens with zero attached hydrogens (tertiary/aromatic N) is 4. The van der Waals surface area contributed by atoms with Crippen molar-refractivity contribution in [2.45, 2.75) is 33.0 Å². The number of alkyl halides is 3. The van der Waals surface area contributed by atoms with Crippen LogP contribution in [-0.2, 0) is 23.9 Å². The van der Waals surface area contributed by atoms with Gasteiger partial charge in [-0.25, -0.2) is 4.68 Å². The Labute approximate surface area is 197 Å². The van der Waals surface area contributed by atoms with Gasteiger partial charge in [0.05, 0.1) is 17.8 Å². The quantitative estimate of drug-likeness (QED) is 0.408. The van der Waals surface area contributed by atoms with E-state index in [0.717, 1.165) is 16.8 Å². The lowest BCUT2D eigenvalue weighted by atomic mass is 10.1. The van der Waals surface area contributed by atoms with Crippen molar-refractivity contribution in [1.82, 2.24) is 25.2 Å². The fraction of sp³-hybridized carbons (Fsp3) is 0.217. The molecule has 0 saturated carbocycles. The van der Waals surface area contributed by atoms with Gasteiger partial charge in [0.25, 0.3) is 0 Å². The summed E-state index contributed by atoms with van der Waals surface area (Å²) < 4.78 is 44.0. The van der Waals surface area contributed by atoms with E-state index >= 15 is 0 Å². The summed E-state index contributed by atoms with van der Waals surface area (Å²) in [6.45, 7) is 4.05. The predicted molar refractivity (Wildman–Crippen MR) is 118 cm³/mol. The minimum atomic E-state index is -4.70. The average molecular weight is 490 g/mol. The maximum atomic E-state index is 12.7. The molecule has 0 aliphatic rings. The predicted octanol–water partition coefficient (Wildman–Crippen LogP) is 5.07. The van der Waals surface area contributed by atoms with E-state index < -0.39 is 12.1 Å². The number of carbonyl (C=O) groups is 1. The van der Waals surface area contributed by atoms with Gasteiger partial charge in [-0.1, -0.05) is 28.9 Å². The monoisotopic (exact) mass is 489 g/mol. The molecule has 0 fully saturated rings. The van der Waals surface area contributed by atoms with Crippen LogP contribution in [0.4, 0.5) is 13.2 Å². The molecule has 2 heterocycles. The van der Waals surface area contributed by atoms with E-state index in [2.05, 4.69) is 25.1 Å². The van der Waals surface area contributed by atoms with Crippen LogP contribution in [0.15, 0.2) is 53.1 Å². The first-order chi connectivity index (χ1) is 16.1. The van der Waals surface area contributed by atoms with Gasteiger partial charge in [0.15, 0.2) is 0 Å². The van der Waals surface area contributed by atoms with E-state index in [1.165, 1.54) is 0 Å². The third-order valence-electron chi connectivity index (χ3n) is 5.22. The summed E-state index contributed by atoms with van der Waals surface area (Å²) in [5.74, 6) is -1.71. The fourth-order valence-electron chi connectivity index (χ4n) is 3.42. The molecule has 0 atom stereocenters. The van der Waals surface area contributed by atoms with E-state index in [0.29, 0.717) is 28.5 Å². The maximum absolute atomic E-state index is 12.7. The molecule has 0 saturated heterocycles. The molecular weight excluding hydrogens is 471 g/mol. The van der Waals surface area contributed by atoms with E-state index in [9.17, 15) is 18.0 Å². The van der Waals surface area contributed by atoms with Crippen LogP contribution >= 0.6 is 11.6 Å². The first-order valence-corrected chi connectivity index (χ1v) is 10.6. The largest absolute Gasteiger partial charge is 0.471 e. The van der Waals surface area contributed by atoms with Crippen LogP contribution in [0, 0.1) is 13.8 Å². The van der Waals surface area contributed by atoms with Crippen LogP contribution < -0.4 is 5.32 Å². The molecular formula is C23H19ClF3N5O2. The Morgan fingerprint density at radius 3 is 2.38 bits per heavy atom. The maximum Gasteiger partial charge on any atom is 0.471 e. The lowest BCUT2D eigenvalue weighted by Crippen LogP contribution is -2.25. The van der Waals surface area contributed by atoms with Crippen molar-refractivity contribution in [3.05, 3.63) is 82.0 Å².